The van der Waals surface area contributed by atoms with Crippen molar-refractivity contribution in [3.63, 3.8) is 0 Å². The minimum atomic E-state index is -10.7. The first-order valence-electron chi connectivity index (χ1n) is 10.0. The van der Waals surface area contributed by atoms with Crippen LogP contribution in [0.15, 0.2) is 48.8 Å². The van der Waals surface area contributed by atoms with E-state index in [1.165, 1.54) is 36.5 Å². The number of aromatic nitrogens is 2. The third-order valence-corrected chi connectivity index (χ3v) is 5.16. The molecule has 0 saturated heterocycles. The number of benzene rings is 1. The standard InChI is InChI=1S/C12H8N2.C10H15.C2H3N.F6P.Ru/c1-3-9-5-6-10-4-2-8-14-12(10)11(9)13-7-1;1-6-7(2)9(4)10(5)8(6)3;1-2-3;1-7(2,3,4,5)6;/h1-8H;1-5H3;1H3;;/q;;;-1;+2. The van der Waals surface area contributed by atoms with Gasteiger partial charge in [-0.25, -0.2) is 0 Å². The van der Waals surface area contributed by atoms with Gasteiger partial charge >= 0.3 is 52.5 Å². The third-order valence-electron chi connectivity index (χ3n) is 5.16. The van der Waals surface area contributed by atoms with Gasteiger partial charge in [-0.05, 0) is 41.7 Å². The van der Waals surface area contributed by atoms with Crippen molar-refractivity contribution in [3.05, 3.63) is 78.4 Å². The quantitative estimate of drug-likeness (QED) is 0.111. The van der Waals surface area contributed by atoms with Gasteiger partial charge < -0.3 is 0 Å². The predicted molar refractivity (Wildman–Crippen MR) is 126 cm³/mol. The van der Waals surface area contributed by atoms with Crippen LogP contribution in [0.2, 0.25) is 0 Å². The van der Waals surface area contributed by atoms with Gasteiger partial charge in [0.2, 0.25) is 0 Å². The molecule has 3 aromatic rings. The van der Waals surface area contributed by atoms with Gasteiger partial charge in [0.15, 0.2) is 0 Å². The van der Waals surface area contributed by atoms with Crippen LogP contribution in [0.3, 0.4) is 0 Å². The topological polar surface area (TPSA) is 49.6 Å². The van der Waals surface area contributed by atoms with E-state index in [9.17, 15) is 25.2 Å². The van der Waals surface area contributed by atoms with Crippen molar-refractivity contribution in [1.82, 2.24) is 9.97 Å². The third kappa shape index (κ3) is 12.1. The molecule has 0 N–H and O–H groups in total. The maximum atomic E-state index is 9.87. The average Bonchev–Trinajstić information content (AvgIpc) is 2.90. The summed E-state index contributed by atoms with van der Waals surface area (Å²) in [5, 5.41) is 9.59. The maximum absolute atomic E-state index is 10.7. The number of nitrogens with zero attached hydrogens (tertiary/aromatic N) is 3. The van der Waals surface area contributed by atoms with Gasteiger partial charge in [-0.2, -0.15) is 5.26 Å². The fourth-order valence-corrected chi connectivity index (χ4v) is 3.09. The van der Waals surface area contributed by atoms with Crippen molar-refractivity contribution >= 4 is 29.6 Å². The van der Waals surface area contributed by atoms with Crippen molar-refractivity contribution in [2.45, 2.75) is 41.5 Å². The largest absolute Gasteiger partial charge is 2.00 e. The van der Waals surface area contributed by atoms with Crippen LogP contribution in [0.1, 0.15) is 41.5 Å². The molecule has 0 amide bonds. The zero-order valence-corrected chi connectivity index (χ0v) is 22.7. The Hall–Kier alpha value is -1.84. The Bertz CT molecular complexity index is 1020. The first-order chi connectivity index (χ1) is 15.4. The Morgan fingerprint density at radius 3 is 1.09 bits per heavy atom. The molecule has 2 aromatic heterocycles. The van der Waals surface area contributed by atoms with Crippen LogP contribution >= 0.6 is 7.81 Å². The molecule has 1 aliphatic carbocycles. The normalized spacial score (nSPS) is 17.3. The fourth-order valence-electron chi connectivity index (χ4n) is 3.09. The van der Waals surface area contributed by atoms with Crippen LogP contribution in [0.4, 0.5) is 25.2 Å². The monoisotopic (exact) mass is 603 g/mol. The summed E-state index contributed by atoms with van der Waals surface area (Å²) >= 11 is 0. The first kappa shape index (κ1) is 33.2. The van der Waals surface area contributed by atoms with Crippen LogP contribution in [0.5, 0.6) is 0 Å². The van der Waals surface area contributed by atoms with Crippen molar-refractivity contribution in [2.24, 2.45) is 0 Å². The van der Waals surface area contributed by atoms with Crippen LogP contribution in [-0.4, -0.2) is 9.97 Å². The smallest absolute Gasteiger partial charge is 0.254 e. The molecule has 0 atom stereocenters. The fraction of sp³-hybridized carbons (Fsp3) is 0.250. The molecule has 4 rings (SSSR count). The number of nitriles is 1. The summed E-state index contributed by atoms with van der Waals surface area (Å²) in [6, 6.07) is 13.9. The molecule has 1 aromatic carbocycles. The van der Waals surface area contributed by atoms with Gasteiger partial charge in [0.05, 0.1) is 17.1 Å². The summed E-state index contributed by atoms with van der Waals surface area (Å²) in [6.45, 7) is 12.4. The summed E-state index contributed by atoms with van der Waals surface area (Å²) in [4.78, 5) is 8.69. The SMILES string of the molecule is CC#N.C[C]1[C](C)[C](C)[C](C)[C]1C.F[P-](F)(F)(F)(F)F.[Ru+2].c1cnc2c(c1)ccc1cccnc12. The molecule has 3 nitrogen and oxygen atoms in total. The molecule has 0 unspecified atom stereocenters. The summed E-state index contributed by atoms with van der Waals surface area (Å²) < 4.78 is 59.2. The van der Waals surface area contributed by atoms with E-state index in [1.54, 1.807) is 18.5 Å². The maximum Gasteiger partial charge on any atom is 2.00 e. The Kier molecular flexibility index (Phi) is 11.3. The predicted octanol–water partition coefficient (Wildman–Crippen LogP) is 9.66. The molecule has 1 saturated carbocycles. The Labute approximate surface area is 215 Å². The van der Waals surface area contributed by atoms with Gasteiger partial charge in [-0.1, -0.05) is 58.9 Å². The van der Waals surface area contributed by atoms with Gasteiger partial charge in [0.25, 0.3) is 0 Å². The van der Waals surface area contributed by atoms with Crippen LogP contribution in [-0.2, 0) is 19.5 Å². The molecular formula is C24H26F6N3PRu+. The number of hydrogen-bond donors (Lipinski definition) is 0. The minimum absolute atomic E-state index is 0. The number of fused-ring (bicyclic) bond motifs is 3. The van der Waals surface area contributed by atoms with Gasteiger partial charge in [0.1, 0.15) is 0 Å². The van der Waals surface area contributed by atoms with E-state index >= 15 is 0 Å². The van der Waals surface area contributed by atoms with E-state index in [4.69, 9.17) is 5.26 Å². The minimum Gasteiger partial charge on any atom is -0.254 e. The number of pyridine rings is 2. The van der Waals surface area contributed by atoms with Gasteiger partial charge in [-0.3, -0.25) is 9.97 Å². The van der Waals surface area contributed by atoms with E-state index in [-0.39, 0.29) is 19.5 Å². The molecule has 35 heavy (non-hydrogen) atoms. The molecule has 0 spiro atoms. The average molecular weight is 603 g/mol. The molecular weight excluding hydrogens is 576 g/mol. The van der Waals surface area contributed by atoms with Crippen molar-refractivity contribution in [3.8, 4) is 6.07 Å². The molecule has 11 heteroatoms. The Morgan fingerprint density at radius 1 is 0.629 bits per heavy atom. The Balaban J connectivity index is 0.000000489. The summed E-state index contributed by atoms with van der Waals surface area (Å²) in [5.74, 6) is 7.34. The van der Waals surface area contributed by atoms with Crippen LogP contribution < -0.4 is 0 Å². The van der Waals surface area contributed by atoms with Crippen molar-refractivity contribution in [2.75, 3.05) is 0 Å². The van der Waals surface area contributed by atoms with Crippen LogP contribution in [0.25, 0.3) is 21.8 Å². The van der Waals surface area contributed by atoms with Gasteiger partial charge in [0, 0.05) is 30.1 Å². The molecule has 1 fully saturated rings. The molecule has 0 bridgehead atoms. The van der Waals surface area contributed by atoms with E-state index in [2.05, 4.69) is 68.9 Å². The van der Waals surface area contributed by atoms with E-state index in [0.29, 0.717) is 0 Å². The molecule has 1 aliphatic rings. The molecule has 0 aliphatic heterocycles. The second-order valence-corrected chi connectivity index (χ2v) is 9.44. The Morgan fingerprint density at radius 2 is 0.857 bits per heavy atom. The number of rotatable bonds is 0. The first-order valence-corrected chi connectivity index (χ1v) is 12.1. The molecule has 2 heterocycles. The van der Waals surface area contributed by atoms with Gasteiger partial charge in [-0.15, -0.1) is 0 Å². The summed E-state index contributed by atoms with van der Waals surface area (Å²) in [6.07, 6.45) is 3.60. The van der Waals surface area contributed by atoms with E-state index in [0.717, 1.165) is 21.8 Å². The van der Waals surface area contributed by atoms with E-state index < -0.39 is 7.81 Å². The van der Waals surface area contributed by atoms with Crippen molar-refractivity contribution < 1.29 is 44.7 Å². The number of hydrogen-bond acceptors (Lipinski definition) is 3. The number of halogens is 6. The zero-order valence-electron chi connectivity index (χ0n) is 20.0. The summed E-state index contributed by atoms with van der Waals surface area (Å²) in [7, 11) is -10.7. The zero-order chi connectivity index (χ0) is 26.4. The molecule has 5 radical (unpaired) electrons. The van der Waals surface area contributed by atoms with Crippen molar-refractivity contribution in [1.29, 1.82) is 5.26 Å². The second-order valence-electron chi connectivity index (χ2n) is 7.52. The van der Waals surface area contributed by atoms with Crippen LogP contribution in [0, 0.1) is 40.9 Å². The van der Waals surface area contributed by atoms with E-state index in [1.807, 2.05) is 12.1 Å². The second kappa shape index (κ2) is 11.9. The summed E-state index contributed by atoms with van der Waals surface area (Å²) in [5.41, 5.74) is 1.95. The molecule has 191 valence electrons.